The molecule has 6 nitrogen and oxygen atoms in total. The van der Waals surface area contributed by atoms with Gasteiger partial charge in [0.2, 0.25) is 0 Å². The van der Waals surface area contributed by atoms with Crippen LogP contribution in [0.1, 0.15) is 40.8 Å². The zero-order valence-electron chi connectivity index (χ0n) is 17.3. The van der Waals surface area contributed by atoms with Crippen LogP contribution in [0.4, 0.5) is 0 Å². The van der Waals surface area contributed by atoms with Crippen molar-refractivity contribution in [1.82, 2.24) is 4.90 Å². The summed E-state index contributed by atoms with van der Waals surface area (Å²) in [7, 11) is 0. The molecule has 0 spiro atoms. The lowest BCUT2D eigenvalue weighted by molar-refractivity contribution is -0.231. The molecule has 0 radical (unpaired) electrons. The highest BCUT2D eigenvalue weighted by Gasteiger charge is 2.44. The number of aryl methyl sites for hydroxylation is 1. The summed E-state index contributed by atoms with van der Waals surface area (Å²) in [5, 5.41) is 39.9. The third kappa shape index (κ3) is 4.30. The Morgan fingerprint density at radius 1 is 0.933 bits per heavy atom. The third-order valence-corrected chi connectivity index (χ3v) is 6.38. The molecule has 4 rings (SSSR count). The Balaban J connectivity index is 1.46. The molecule has 2 aliphatic heterocycles. The lowest BCUT2D eigenvalue weighted by Crippen LogP contribution is -2.55. The summed E-state index contributed by atoms with van der Waals surface area (Å²) in [6.45, 7) is 4.47. The number of nitrogens with zero attached hydrogens (tertiary/aromatic N) is 1. The molecule has 2 aliphatic rings. The highest BCUT2D eigenvalue weighted by molar-refractivity contribution is 5.36. The monoisotopic (exact) mass is 413 g/mol. The first-order valence-corrected chi connectivity index (χ1v) is 10.7. The van der Waals surface area contributed by atoms with Gasteiger partial charge in [-0.05, 0) is 40.7 Å². The van der Waals surface area contributed by atoms with Crippen molar-refractivity contribution in [2.45, 2.75) is 63.4 Å². The van der Waals surface area contributed by atoms with Crippen LogP contribution in [0, 0.1) is 0 Å². The lowest BCUT2D eigenvalue weighted by Gasteiger charge is -2.40. The van der Waals surface area contributed by atoms with Gasteiger partial charge in [0.25, 0.3) is 0 Å². The number of hydrogen-bond acceptors (Lipinski definition) is 6. The van der Waals surface area contributed by atoms with Crippen LogP contribution in [0.15, 0.2) is 42.5 Å². The highest BCUT2D eigenvalue weighted by Crippen LogP contribution is 2.34. The molecule has 4 N–H and O–H groups in total. The van der Waals surface area contributed by atoms with Crippen LogP contribution in [-0.4, -0.2) is 62.9 Å². The number of aliphatic hydroxyl groups excluding tert-OH is 4. The maximum Gasteiger partial charge on any atom is 0.113 e. The predicted molar refractivity (Wildman–Crippen MR) is 113 cm³/mol. The Bertz CT molecular complexity index is 853. The van der Waals surface area contributed by atoms with Gasteiger partial charge in [-0.2, -0.15) is 0 Å². The van der Waals surface area contributed by atoms with E-state index < -0.39 is 37.1 Å². The summed E-state index contributed by atoms with van der Waals surface area (Å²) in [6.07, 6.45) is -3.65. The van der Waals surface area contributed by atoms with Crippen LogP contribution in [0.5, 0.6) is 0 Å². The maximum absolute atomic E-state index is 10.4. The number of rotatable bonds is 5. The largest absolute Gasteiger partial charge is 0.394 e. The quantitative estimate of drug-likeness (QED) is 0.591. The number of hydrogen-bond donors (Lipinski definition) is 4. The Hall–Kier alpha value is -1.80. The van der Waals surface area contributed by atoms with Gasteiger partial charge in [-0.15, -0.1) is 0 Å². The average Bonchev–Trinajstić information content (AvgIpc) is 2.78. The third-order valence-electron chi connectivity index (χ3n) is 6.38. The van der Waals surface area contributed by atoms with Crippen molar-refractivity contribution >= 4 is 0 Å². The first-order valence-electron chi connectivity index (χ1n) is 10.7. The molecule has 0 aliphatic carbocycles. The standard InChI is InChI=1S/C24H31NO5/c1-2-15-3-5-16(6-4-15)12-25-10-9-17-11-18(7-8-19(17)13-25)24-23(29)22(28)21(27)20(14-26)30-24/h3-8,11,20-24,26-29H,2,9-10,12-14H2,1H3/t20-,21-,22+,23-,24+/m1/s1. The summed E-state index contributed by atoms with van der Waals surface area (Å²) in [6, 6.07) is 14.8. The molecular weight excluding hydrogens is 382 g/mol. The van der Waals surface area contributed by atoms with E-state index in [1.807, 2.05) is 12.1 Å². The first-order chi connectivity index (χ1) is 14.5. The molecule has 30 heavy (non-hydrogen) atoms. The second-order valence-electron chi connectivity index (χ2n) is 8.41. The van der Waals surface area contributed by atoms with E-state index in [9.17, 15) is 20.4 Å². The van der Waals surface area contributed by atoms with E-state index in [0.717, 1.165) is 38.0 Å². The zero-order valence-corrected chi connectivity index (χ0v) is 17.3. The van der Waals surface area contributed by atoms with Crippen molar-refractivity contribution in [2.75, 3.05) is 13.2 Å². The van der Waals surface area contributed by atoms with Gasteiger partial charge < -0.3 is 25.2 Å². The molecule has 0 amide bonds. The predicted octanol–water partition coefficient (Wildman–Crippen LogP) is 1.32. The average molecular weight is 414 g/mol. The van der Waals surface area contributed by atoms with Crippen LogP contribution >= 0.6 is 0 Å². The fraction of sp³-hybridized carbons (Fsp3) is 0.500. The minimum absolute atomic E-state index is 0.416. The zero-order chi connectivity index (χ0) is 21.3. The van der Waals surface area contributed by atoms with Crippen LogP contribution < -0.4 is 0 Å². The van der Waals surface area contributed by atoms with E-state index in [0.29, 0.717) is 0 Å². The Morgan fingerprint density at radius 3 is 2.37 bits per heavy atom. The van der Waals surface area contributed by atoms with Crippen LogP contribution in [0.3, 0.4) is 0 Å². The number of fused-ring (bicyclic) bond motifs is 1. The van der Waals surface area contributed by atoms with Gasteiger partial charge in [0, 0.05) is 19.6 Å². The van der Waals surface area contributed by atoms with Gasteiger partial charge in [-0.3, -0.25) is 4.90 Å². The Kier molecular flexibility index (Phi) is 6.53. The molecule has 162 valence electrons. The van der Waals surface area contributed by atoms with Crippen LogP contribution in [0.25, 0.3) is 0 Å². The van der Waals surface area contributed by atoms with E-state index in [2.05, 4.69) is 42.2 Å². The van der Waals surface area contributed by atoms with Crippen molar-refractivity contribution in [3.05, 3.63) is 70.3 Å². The molecular formula is C24H31NO5. The number of ether oxygens (including phenoxy) is 1. The first kappa shape index (κ1) is 21.4. The van der Waals surface area contributed by atoms with Gasteiger partial charge >= 0.3 is 0 Å². The van der Waals surface area contributed by atoms with E-state index in [1.54, 1.807) is 0 Å². The molecule has 5 atom stereocenters. The van der Waals surface area contributed by atoms with Gasteiger partial charge in [0.05, 0.1) is 6.61 Å². The molecule has 2 aromatic rings. The van der Waals surface area contributed by atoms with E-state index in [4.69, 9.17) is 4.74 Å². The second-order valence-corrected chi connectivity index (χ2v) is 8.41. The van der Waals surface area contributed by atoms with Crippen LogP contribution in [0.2, 0.25) is 0 Å². The molecule has 0 saturated carbocycles. The minimum atomic E-state index is -1.36. The molecule has 0 aromatic heterocycles. The van der Waals surface area contributed by atoms with E-state index >= 15 is 0 Å². The second kappa shape index (κ2) is 9.14. The van der Waals surface area contributed by atoms with Crippen molar-refractivity contribution < 1.29 is 25.2 Å². The molecule has 2 aromatic carbocycles. The van der Waals surface area contributed by atoms with Crippen LogP contribution in [-0.2, 0) is 30.7 Å². The summed E-state index contributed by atoms with van der Waals surface area (Å²) in [4.78, 5) is 2.43. The fourth-order valence-electron chi connectivity index (χ4n) is 4.46. The molecule has 0 unspecified atom stereocenters. The van der Waals surface area contributed by atoms with Crippen molar-refractivity contribution in [3.8, 4) is 0 Å². The normalized spacial score (nSPS) is 29.6. The fourth-order valence-corrected chi connectivity index (χ4v) is 4.46. The van der Waals surface area contributed by atoms with Gasteiger partial charge in [-0.1, -0.05) is 49.4 Å². The van der Waals surface area contributed by atoms with Gasteiger partial charge in [-0.25, -0.2) is 0 Å². The smallest absolute Gasteiger partial charge is 0.113 e. The lowest BCUT2D eigenvalue weighted by atomic mass is 9.88. The SMILES string of the molecule is CCc1ccc(CN2CCc3cc([C@@H]4O[C@H](CO)[C@@H](O)[C@H](O)[C@H]4O)ccc3C2)cc1. The topological polar surface area (TPSA) is 93.4 Å². The highest BCUT2D eigenvalue weighted by atomic mass is 16.5. The minimum Gasteiger partial charge on any atom is -0.394 e. The molecule has 2 heterocycles. The summed E-state index contributed by atoms with van der Waals surface area (Å²) >= 11 is 0. The Labute approximate surface area is 177 Å². The molecule has 0 bridgehead atoms. The van der Waals surface area contributed by atoms with Crippen molar-refractivity contribution in [2.24, 2.45) is 0 Å². The van der Waals surface area contributed by atoms with E-state index in [1.165, 1.54) is 22.3 Å². The van der Waals surface area contributed by atoms with E-state index in [-0.39, 0.29) is 0 Å². The summed E-state index contributed by atoms with van der Waals surface area (Å²) in [5.41, 5.74) is 5.88. The van der Waals surface area contributed by atoms with Gasteiger partial charge in [0.15, 0.2) is 0 Å². The van der Waals surface area contributed by atoms with Crippen molar-refractivity contribution in [1.29, 1.82) is 0 Å². The number of aliphatic hydroxyl groups is 4. The maximum atomic E-state index is 10.4. The summed E-state index contributed by atoms with van der Waals surface area (Å²) < 4.78 is 5.71. The number of benzene rings is 2. The molecule has 6 heteroatoms. The molecule has 1 fully saturated rings. The summed E-state index contributed by atoms with van der Waals surface area (Å²) in [5.74, 6) is 0. The van der Waals surface area contributed by atoms with Gasteiger partial charge in [0.1, 0.15) is 30.5 Å². The Morgan fingerprint density at radius 2 is 1.67 bits per heavy atom. The molecule has 1 saturated heterocycles. The van der Waals surface area contributed by atoms with Crippen molar-refractivity contribution in [3.63, 3.8) is 0 Å².